The van der Waals surface area contributed by atoms with Crippen molar-refractivity contribution in [3.63, 3.8) is 0 Å². The van der Waals surface area contributed by atoms with E-state index < -0.39 is 0 Å². The molecule has 0 aliphatic carbocycles. The molecule has 4 heteroatoms. The average molecular weight is 353 g/mol. The highest BCUT2D eigenvalue weighted by atomic mass is 79.9. The van der Waals surface area contributed by atoms with Crippen LogP contribution in [0.4, 0.5) is 0 Å². The average Bonchev–Trinajstić information content (AvgIpc) is 2.48. The molecule has 1 saturated heterocycles. The van der Waals surface area contributed by atoms with Crippen molar-refractivity contribution in [3.8, 4) is 0 Å². The molecule has 21 heavy (non-hydrogen) atoms. The topological polar surface area (TPSA) is 41.1 Å². The highest BCUT2D eigenvalue weighted by Gasteiger charge is 2.40. The van der Waals surface area contributed by atoms with E-state index in [1.807, 2.05) is 12.1 Å². The molecule has 0 saturated carbocycles. The number of hydrogen-bond acceptors (Lipinski definition) is 2. The van der Waals surface area contributed by atoms with Crippen LogP contribution in [0.15, 0.2) is 28.7 Å². The number of carbonyl (C=O) groups excluding carboxylic acids is 1. The number of carbonyl (C=O) groups is 1. The summed E-state index contributed by atoms with van der Waals surface area (Å²) in [6, 6.07) is 8.15. The zero-order chi connectivity index (χ0) is 15.5. The molecule has 0 radical (unpaired) electrons. The lowest BCUT2D eigenvalue weighted by molar-refractivity contribution is -0.134. The van der Waals surface area contributed by atoms with Gasteiger partial charge in [-0.3, -0.25) is 4.79 Å². The maximum absolute atomic E-state index is 12.8. The fourth-order valence-electron chi connectivity index (χ4n) is 2.98. The minimum absolute atomic E-state index is 0.171. The van der Waals surface area contributed by atoms with Gasteiger partial charge >= 0.3 is 0 Å². The van der Waals surface area contributed by atoms with Gasteiger partial charge in [-0.2, -0.15) is 0 Å². The second-order valence-electron chi connectivity index (χ2n) is 6.50. The van der Waals surface area contributed by atoms with Gasteiger partial charge in [-0.1, -0.05) is 35.0 Å². The fraction of sp³-hybridized carbons (Fsp3) is 0.588. The lowest BCUT2D eigenvalue weighted by Gasteiger charge is -2.39. The van der Waals surface area contributed by atoms with Crippen LogP contribution in [0.25, 0.3) is 0 Å². The highest BCUT2D eigenvalue weighted by molar-refractivity contribution is 9.10. The third-order valence-corrected chi connectivity index (χ3v) is 5.15. The third kappa shape index (κ3) is 3.67. The quantitative estimate of drug-likeness (QED) is 0.869. The first-order chi connectivity index (χ1) is 9.89. The van der Waals surface area contributed by atoms with Crippen molar-refractivity contribution in [1.29, 1.82) is 0 Å². The Labute approximate surface area is 136 Å². The monoisotopic (exact) mass is 352 g/mol. The molecule has 0 bridgehead atoms. The van der Waals surface area contributed by atoms with Gasteiger partial charge in [0.2, 0.25) is 5.91 Å². The van der Waals surface area contributed by atoms with Gasteiger partial charge in [0, 0.05) is 11.0 Å². The zero-order valence-electron chi connectivity index (χ0n) is 13.1. The van der Waals surface area contributed by atoms with Gasteiger partial charge in [-0.25, -0.2) is 0 Å². The number of halogens is 1. The van der Waals surface area contributed by atoms with E-state index in [-0.39, 0.29) is 16.9 Å². The molecule has 1 heterocycles. The summed E-state index contributed by atoms with van der Waals surface area (Å²) in [5.41, 5.74) is 0.497. The molecule has 1 fully saturated rings. The summed E-state index contributed by atoms with van der Waals surface area (Å²) in [5.74, 6) is 0.171. The maximum Gasteiger partial charge on any atom is 0.228 e. The molecular weight excluding hydrogens is 328 g/mol. The third-order valence-electron chi connectivity index (χ3n) is 4.62. The van der Waals surface area contributed by atoms with Crippen LogP contribution >= 0.6 is 15.9 Å². The van der Waals surface area contributed by atoms with E-state index in [9.17, 15) is 4.79 Å². The molecule has 1 aliphatic heterocycles. The Kier molecular flexibility index (Phi) is 5.10. The summed E-state index contributed by atoms with van der Waals surface area (Å²) in [5, 5.41) is 6.63. The first kappa shape index (κ1) is 16.5. The van der Waals surface area contributed by atoms with Crippen molar-refractivity contribution in [2.24, 2.45) is 5.41 Å². The molecule has 2 rings (SSSR count). The molecule has 1 amide bonds. The summed E-state index contributed by atoms with van der Waals surface area (Å²) in [6.45, 7) is 8.04. The van der Waals surface area contributed by atoms with Gasteiger partial charge in [-0.15, -0.1) is 0 Å². The molecule has 0 spiro atoms. The van der Waals surface area contributed by atoms with Crippen molar-refractivity contribution in [3.05, 3.63) is 34.3 Å². The van der Waals surface area contributed by atoms with E-state index in [0.29, 0.717) is 0 Å². The molecule has 2 N–H and O–H groups in total. The molecule has 1 unspecified atom stereocenters. The Balaban J connectivity index is 2.14. The highest BCUT2D eigenvalue weighted by Crippen LogP contribution is 2.32. The van der Waals surface area contributed by atoms with Crippen molar-refractivity contribution in [2.75, 3.05) is 13.1 Å². The van der Waals surface area contributed by atoms with Crippen LogP contribution < -0.4 is 10.6 Å². The summed E-state index contributed by atoms with van der Waals surface area (Å²) < 4.78 is 1.05. The number of rotatable bonds is 4. The Morgan fingerprint density at radius 2 is 2.05 bits per heavy atom. The summed E-state index contributed by atoms with van der Waals surface area (Å²) in [7, 11) is 0. The van der Waals surface area contributed by atoms with Crippen molar-refractivity contribution >= 4 is 21.8 Å². The van der Waals surface area contributed by atoms with E-state index in [2.05, 4.69) is 59.5 Å². The molecule has 0 aromatic heterocycles. The second-order valence-corrected chi connectivity index (χ2v) is 7.42. The molecule has 1 aliphatic rings. The van der Waals surface area contributed by atoms with E-state index in [1.165, 1.54) is 0 Å². The molecular formula is C17H25BrN2O. The number of amides is 1. The minimum atomic E-state index is -0.364. The SMILES string of the molecule is CCC1(C(=O)NC(C)(C)c2ccc(Br)cc2)CCCNC1. The fourth-order valence-corrected chi connectivity index (χ4v) is 3.24. The van der Waals surface area contributed by atoms with E-state index in [1.54, 1.807) is 0 Å². The van der Waals surface area contributed by atoms with Crippen LogP contribution in [0.3, 0.4) is 0 Å². The first-order valence-corrected chi connectivity index (χ1v) is 8.48. The van der Waals surface area contributed by atoms with Crippen LogP contribution in [0.5, 0.6) is 0 Å². The normalized spacial score (nSPS) is 22.9. The van der Waals surface area contributed by atoms with Crippen LogP contribution in [0.2, 0.25) is 0 Å². The number of piperidine rings is 1. The van der Waals surface area contributed by atoms with Crippen molar-refractivity contribution in [1.82, 2.24) is 10.6 Å². The van der Waals surface area contributed by atoms with Gasteiger partial charge in [-0.05, 0) is 57.4 Å². The number of hydrogen-bond donors (Lipinski definition) is 2. The second kappa shape index (κ2) is 6.49. The molecule has 116 valence electrons. The molecule has 1 aromatic rings. The number of benzene rings is 1. The van der Waals surface area contributed by atoms with Gasteiger partial charge in [0.05, 0.1) is 11.0 Å². The molecule has 3 nitrogen and oxygen atoms in total. The predicted molar refractivity (Wildman–Crippen MR) is 90.1 cm³/mol. The summed E-state index contributed by atoms with van der Waals surface area (Å²) in [6.07, 6.45) is 2.92. The van der Waals surface area contributed by atoms with Crippen LogP contribution in [0.1, 0.15) is 45.6 Å². The lowest BCUT2D eigenvalue weighted by atomic mass is 9.76. The van der Waals surface area contributed by atoms with Crippen LogP contribution in [0, 0.1) is 5.41 Å². The smallest absolute Gasteiger partial charge is 0.228 e. The van der Waals surface area contributed by atoms with E-state index >= 15 is 0 Å². The Morgan fingerprint density at radius 1 is 1.38 bits per heavy atom. The Hall–Kier alpha value is -0.870. The van der Waals surface area contributed by atoms with Gasteiger partial charge in [0.15, 0.2) is 0 Å². The Bertz CT molecular complexity index is 490. The van der Waals surface area contributed by atoms with Crippen molar-refractivity contribution in [2.45, 2.75) is 45.6 Å². The standard InChI is InChI=1S/C17H25BrN2O/c1-4-17(10-5-11-19-12-17)15(21)20-16(2,3)13-6-8-14(18)9-7-13/h6-9,19H,4-5,10-12H2,1-3H3,(H,20,21). The van der Waals surface area contributed by atoms with Gasteiger partial charge in [0.25, 0.3) is 0 Å². The lowest BCUT2D eigenvalue weighted by Crippen LogP contribution is -2.54. The predicted octanol–water partition coefficient (Wildman–Crippen LogP) is 3.58. The van der Waals surface area contributed by atoms with Gasteiger partial charge in [0.1, 0.15) is 0 Å². The molecule has 1 atom stereocenters. The largest absolute Gasteiger partial charge is 0.347 e. The molecule has 1 aromatic carbocycles. The van der Waals surface area contributed by atoms with E-state index in [4.69, 9.17) is 0 Å². The van der Waals surface area contributed by atoms with Crippen LogP contribution in [-0.2, 0) is 10.3 Å². The first-order valence-electron chi connectivity index (χ1n) is 7.69. The van der Waals surface area contributed by atoms with E-state index in [0.717, 1.165) is 42.4 Å². The summed E-state index contributed by atoms with van der Waals surface area (Å²) >= 11 is 3.45. The van der Waals surface area contributed by atoms with Crippen molar-refractivity contribution < 1.29 is 4.79 Å². The maximum atomic E-state index is 12.8. The van der Waals surface area contributed by atoms with Crippen LogP contribution in [-0.4, -0.2) is 19.0 Å². The zero-order valence-corrected chi connectivity index (χ0v) is 14.7. The van der Waals surface area contributed by atoms with Gasteiger partial charge < -0.3 is 10.6 Å². The Morgan fingerprint density at radius 3 is 2.57 bits per heavy atom. The minimum Gasteiger partial charge on any atom is -0.347 e. The number of nitrogens with one attached hydrogen (secondary N) is 2. The summed E-state index contributed by atoms with van der Waals surface area (Å²) in [4.78, 5) is 12.8.